The summed E-state index contributed by atoms with van der Waals surface area (Å²) in [5.41, 5.74) is 1.69. The first-order valence-electron chi connectivity index (χ1n) is 15.2. The molecule has 0 saturated carbocycles. The van der Waals surface area contributed by atoms with Gasteiger partial charge in [-0.3, -0.25) is 14.4 Å². The number of carbonyl (C=O) groups is 4. The minimum Gasteiger partial charge on any atom is -0.495 e. The predicted octanol–water partition coefficient (Wildman–Crippen LogP) is 5.31. The highest BCUT2D eigenvalue weighted by molar-refractivity contribution is 6.32. The van der Waals surface area contributed by atoms with Crippen LogP contribution in [0.25, 0.3) is 6.08 Å². The summed E-state index contributed by atoms with van der Waals surface area (Å²) >= 11 is 6.29. The zero-order valence-electron chi connectivity index (χ0n) is 26.5. The Labute approximate surface area is 270 Å². The molecule has 0 bridgehead atoms. The number of amides is 2. The number of hydrogen-bond acceptors (Lipinski definition) is 7. The van der Waals surface area contributed by atoms with Crippen LogP contribution >= 0.6 is 11.6 Å². The van der Waals surface area contributed by atoms with Crippen molar-refractivity contribution in [3.05, 3.63) is 82.9 Å². The molecule has 10 heteroatoms. The number of cyclic esters (lactones) is 2. The lowest BCUT2D eigenvalue weighted by Crippen LogP contribution is -2.49. The normalized spacial score (nSPS) is 24.1. The van der Waals surface area contributed by atoms with Crippen molar-refractivity contribution >= 4 is 41.4 Å². The molecule has 242 valence electrons. The molecule has 1 aliphatic rings. The van der Waals surface area contributed by atoms with Crippen molar-refractivity contribution in [2.24, 2.45) is 17.8 Å². The van der Waals surface area contributed by atoms with Gasteiger partial charge in [0.25, 0.3) is 0 Å². The molecule has 2 aromatic carbocycles. The first kappa shape index (κ1) is 35.4. The summed E-state index contributed by atoms with van der Waals surface area (Å²) in [7, 11) is 1.51. The molecule has 0 unspecified atom stereocenters. The summed E-state index contributed by atoms with van der Waals surface area (Å²) < 4.78 is 16.9. The van der Waals surface area contributed by atoms with Gasteiger partial charge in [0, 0.05) is 31.2 Å². The second-order valence-electron chi connectivity index (χ2n) is 11.4. The number of rotatable bonds is 8. The lowest BCUT2D eigenvalue weighted by atomic mass is 9.98. The number of nitrogens with one attached hydrogen (secondary N) is 2. The van der Waals surface area contributed by atoms with E-state index in [2.05, 4.69) is 10.6 Å². The zero-order valence-corrected chi connectivity index (χ0v) is 27.2. The van der Waals surface area contributed by atoms with Crippen LogP contribution in [-0.4, -0.2) is 55.7 Å². The Hall–Kier alpha value is -4.11. The molecular weight excluding hydrogens is 596 g/mol. The Morgan fingerprint density at radius 3 is 2.44 bits per heavy atom. The second kappa shape index (κ2) is 17.4. The van der Waals surface area contributed by atoms with Crippen LogP contribution in [0.5, 0.6) is 5.75 Å². The molecule has 0 saturated heterocycles. The van der Waals surface area contributed by atoms with E-state index in [-0.39, 0.29) is 31.2 Å². The maximum atomic E-state index is 13.4. The van der Waals surface area contributed by atoms with Crippen molar-refractivity contribution in [2.75, 3.05) is 13.7 Å². The molecule has 2 aromatic rings. The van der Waals surface area contributed by atoms with Gasteiger partial charge < -0.3 is 24.8 Å². The average Bonchev–Trinajstić information content (AvgIpc) is 3.03. The fourth-order valence-electron chi connectivity index (χ4n) is 4.66. The first-order valence-corrected chi connectivity index (χ1v) is 15.6. The van der Waals surface area contributed by atoms with Crippen molar-refractivity contribution in [1.29, 1.82) is 0 Å². The van der Waals surface area contributed by atoms with E-state index in [1.807, 2.05) is 63.3 Å². The van der Waals surface area contributed by atoms with E-state index < -0.39 is 47.9 Å². The topological polar surface area (TPSA) is 120 Å². The molecule has 1 aliphatic heterocycles. The van der Waals surface area contributed by atoms with E-state index in [1.54, 1.807) is 31.2 Å². The van der Waals surface area contributed by atoms with Crippen molar-refractivity contribution in [2.45, 2.75) is 65.2 Å². The smallest absolute Gasteiger partial charge is 0.348 e. The third-order valence-corrected chi connectivity index (χ3v) is 8.09. The van der Waals surface area contributed by atoms with E-state index in [9.17, 15) is 19.2 Å². The lowest BCUT2D eigenvalue weighted by molar-refractivity contribution is -0.178. The molecule has 1 heterocycles. The molecule has 0 aliphatic carbocycles. The summed E-state index contributed by atoms with van der Waals surface area (Å²) in [4.78, 5) is 52.8. The van der Waals surface area contributed by atoms with Gasteiger partial charge in [0.1, 0.15) is 17.9 Å². The summed E-state index contributed by atoms with van der Waals surface area (Å²) in [5, 5.41) is 5.85. The minimum atomic E-state index is -1.12. The predicted molar refractivity (Wildman–Crippen MR) is 173 cm³/mol. The van der Waals surface area contributed by atoms with Crippen LogP contribution in [0.4, 0.5) is 0 Å². The quantitative estimate of drug-likeness (QED) is 0.376. The van der Waals surface area contributed by atoms with Gasteiger partial charge in [-0.15, -0.1) is 0 Å². The van der Waals surface area contributed by atoms with E-state index in [1.165, 1.54) is 13.2 Å². The second-order valence-corrected chi connectivity index (χ2v) is 11.8. The fourth-order valence-corrected chi connectivity index (χ4v) is 4.94. The van der Waals surface area contributed by atoms with E-state index in [0.29, 0.717) is 22.8 Å². The van der Waals surface area contributed by atoms with Crippen LogP contribution in [-0.2, 0) is 35.1 Å². The van der Waals surface area contributed by atoms with Gasteiger partial charge in [0.15, 0.2) is 0 Å². The van der Waals surface area contributed by atoms with E-state index in [0.717, 1.165) is 5.56 Å². The van der Waals surface area contributed by atoms with Gasteiger partial charge in [0.05, 0.1) is 18.1 Å². The molecule has 0 radical (unpaired) electrons. The lowest BCUT2D eigenvalue weighted by Gasteiger charge is -2.28. The van der Waals surface area contributed by atoms with Gasteiger partial charge in [-0.05, 0) is 35.8 Å². The van der Waals surface area contributed by atoms with E-state index >= 15 is 0 Å². The van der Waals surface area contributed by atoms with Gasteiger partial charge in [-0.1, -0.05) is 93.9 Å². The maximum absolute atomic E-state index is 13.4. The van der Waals surface area contributed by atoms with Gasteiger partial charge >= 0.3 is 11.9 Å². The number of carbonyl (C=O) groups excluding carboxylic acids is 4. The van der Waals surface area contributed by atoms with Crippen LogP contribution in [0, 0.1) is 17.8 Å². The zero-order chi connectivity index (χ0) is 32.9. The Bertz CT molecular complexity index is 1380. The summed E-state index contributed by atoms with van der Waals surface area (Å²) in [6.45, 7) is 7.17. The number of ether oxygens (including phenoxy) is 3. The van der Waals surface area contributed by atoms with Crippen LogP contribution in [0.2, 0.25) is 5.02 Å². The molecule has 2 amide bonds. The molecule has 3 rings (SSSR count). The van der Waals surface area contributed by atoms with Crippen molar-refractivity contribution in [3.8, 4) is 5.75 Å². The van der Waals surface area contributed by atoms with Gasteiger partial charge in [-0.25, -0.2) is 4.79 Å². The SMILES string of the molecule is CC[C@H](C)[C@@H]1OC(=O)[C@H](C)CNC(=O)[C@@H](Cc2ccc(OC)c(Cl)c2)NC(=O)/C=C/C[C@@H]([C@H](C)/C=C/c2ccccc2)OC1=O. The first-order chi connectivity index (χ1) is 21.5. The largest absolute Gasteiger partial charge is 0.495 e. The van der Waals surface area contributed by atoms with Crippen LogP contribution in [0.3, 0.4) is 0 Å². The molecule has 2 N–H and O–H groups in total. The fraction of sp³-hybridized carbons (Fsp3) is 0.429. The summed E-state index contributed by atoms with van der Waals surface area (Å²) in [6.07, 6.45) is 5.96. The molecule has 0 aromatic heterocycles. The molecule has 6 atom stereocenters. The number of methoxy groups -OCH3 is 1. The highest BCUT2D eigenvalue weighted by Gasteiger charge is 2.34. The molecule has 45 heavy (non-hydrogen) atoms. The Balaban J connectivity index is 1.90. The van der Waals surface area contributed by atoms with Gasteiger partial charge in [-0.2, -0.15) is 0 Å². The average molecular weight is 639 g/mol. The molecular formula is C35H43ClN2O7. The highest BCUT2D eigenvalue weighted by atomic mass is 35.5. The Morgan fingerprint density at radius 2 is 1.78 bits per heavy atom. The van der Waals surface area contributed by atoms with Crippen molar-refractivity contribution in [1.82, 2.24) is 10.6 Å². The summed E-state index contributed by atoms with van der Waals surface area (Å²) in [6, 6.07) is 13.9. The number of benzene rings is 2. The highest BCUT2D eigenvalue weighted by Crippen LogP contribution is 2.26. The maximum Gasteiger partial charge on any atom is 0.348 e. The van der Waals surface area contributed by atoms with E-state index in [4.69, 9.17) is 25.8 Å². The number of esters is 2. The van der Waals surface area contributed by atoms with Crippen molar-refractivity contribution in [3.63, 3.8) is 0 Å². The molecule has 9 nitrogen and oxygen atoms in total. The molecule has 0 fully saturated rings. The van der Waals surface area contributed by atoms with Crippen LogP contribution < -0.4 is 15.4 Å². The Morgan fingerprint density at radius 1 is 1.04 bits per heavy atom. The number of hydrogen-bond donors (Lipinski definition) is 2. The molecule has 0 spiro atoms. The van der Waals surface area contributed by atoms with Crippen LogP contribution in [0.15, 0.2) is 66.8 Å². The third-order valence-electron chi connectivity index (χ3n) is 7.79. The summed E-state index contributed by atoms with van der Waals surface area (Å²) in [5.74, 6) is -3.10. The monoisotopic (exact) mass is 638 g/mol. The number of halogens is 1. The van der Waals surface area contributed by atoms with Gasteiger partial charge in [0.2, 0.25) is 17.9 Å². The van der Waals surface area contributed by atoms with Crippen LogP contribution in [0.1, 0.15) is 51.7 Å². The Kier molecular flexibility index (Phi) is 13.7. The third kappa shape index (κ3) is 10.8. The standard InChI is InChI=1S/C35H43ClN2O7/c1-6-22(2)32-35(42)44-29(23(3)15-16-25-11-8-7-9-12-25)13-10-14-31(39)38-28(33(40)37-21-24(4)34(41)45-32)20-26-17-18-30(43-5)27(36)19-26/h7-12,14-19,22-24,28-29,32H,6,13,20-21H2,1-5H3,(H,37,40)(H,38,39)/b14-10+,16-15+/t22-,23+,24+,28+,29-,32-/m0/s1. The van der Waals surface area contributed by atoms with Crippen molar-refractivity contribution < 1.29 is 33.4 Å². The minimum absolute atomic E-state index is 0.0601.